The Morgan fingerprint density at radius 1 is 1.50 bits per heavy atom. The van der Waals surface area contributed by atoms with Crippen molar-refractivity contribution in [1.29, 1.82) is 0 Å². The molecule has 5 nitrogen and oxygen atoms in total. The van der Waals surface area contributed by atoms with Gasteiger partial charge in [-0.05, 0) is 26.8 Å². The number of aliphatic hydroxyl groups excluding tert-OH is 1. The third-order valence-corrected chi connectivity index (χ3v) is 2.66. The van der Waals surface area contributed by atoms with Crippen LogP contribution in [0.15, 0.2) is 22.8 Å². The SMILES string of the molecule is Cc1occc1-c1cc(NC(C)C)n(CCO)n1. The van der Waals surface area contributed by atoms with E-state index in [2.05, 4.69) is 24.3 Å². The first-order valence-corrected chi connectivity index (χ1v) is 6.11. The summed E-state index contributed by atoms with van der Waals surface area (Å²) in [5, 5.41) is 16.9. The van der Waals surface area contributed by atoms with Crippen molar-refractivity contribution in [3.05, 3.63) is 24.2 Å². The topological polar surface area (TPSA) is 63.2 Å². The Bertz CT molecular complexity index is 514. The molecule has 0 spiro atoms. The molecule has 0 aliphatic rings. The molecular weight excluding hydrogens is 230 g/mol. The summed E-state index contributed by atoms with van der Waals surface area (Å²) < 4.78 is 7.07. The number of nitrogens with zero attached hydrogens (tertiary/aromatic N) is 2. The maximum absolute atomic E-state index is 9.07. The van der Waals surface area contributed by atoms with Crippen LogP contribution in [0.3, 0.4) is 0 Å². The summed E-state index contributed by atoms with van der Waals surface area (Å²) in [5.74, 6) is 1.76. The van der Waals surface area contributed by atoms with Gasteiger partial charge in [-0.15, -0.1) is 0 Å². The minimum atomic E-state index is 0.0677. The van der Waals surface area contributed by atoms with Crippen LogP contribution in [0, 0.1) is 6.92 Å². The smallest absolute Gasteiger partial charge is 0.125 e. The van der Waals surface area contributed by atoms with Crippen LogP contribution in [-0.2, 0) is 6.54 Å². The molecule has 0 fully saturated rings. The molecule has 0 bridgehead atoms. The van der Waals surface area contributed by atoms with Crippen LogP contribution >= 0.6 is 0 Å². The lowest BCUT2D eigenvalue weighted by molar-refractivity contribution is 0.270. The molecule has 0 radical (unpaired) electrons. The van der Waals surface area contributed by atoms with Crippen LogP contribution in [-0.4, -0.2) is 27.5 Å². The molecule has 2 aromatic rings. The van der Waals surface area contributed by atoms with Crippen LogP contribution in [0.2, 0.25) is 0 Å². The van der Waals surface area contributed by atoms with Gasteiger partial charge in [0.1, 0.15) is 11.6 Å². The standard InChI is InChI=1S/C13H19N3O2/c1-9(2)14-13-8-12(15-16(13)5-6-17)11-4-7-18-10(11)3/h4,7-9,14,17H,5-6H2,1-3H3. The highest BCUT2D eigenvalue weighted by Crippen LogP contribution is 2.26. The predicted octanol–water partition coefficient (Wildman–Crippen LogP) is 2.26. The van der Waals surface area contributed by atoms with E-state index in [0.29, 0.717) is 12.6 Å². The third-order valence-electron chi connectivity index (χ3n) is 2.66. The van der Waals surface area contributed by atoms with Gasteiger partial charge in [-0.25, -0.2) is 4.68 Å². The van der Waals surface area contributed by atoms with E-state index in [1.54, 1.807) is 10.9 Å². The summed E-state index contributed by atoms with van der Waals surface area (Å²) in [6, 6.07) is 4.20. The zero-order valence-electron chi connectivity index (χ0n) is 11.0. The Balaban J connectivity index is 2.35. The Labute approximate surface area is 106 Å². The fourth-order valence-corrected chi connectivity index (χ4v) is 1.88. The van der Waals surface area contributed by atoms with Crippen molar-refractivity contribution in [1.82, 2.24) is 9.78 Å². The summed E-state index contributed by atoms with van der Waals surface area (Å²) in [7, 11) is 0. The number of aryl methyl sites for hydroxylation is 1. The second-order valence-electron chi connectivity index (χ2n) is 4.55. The number of furan rings is 1. The minimum Gasteiger partial charge on any atom is -0.469 e. The lowest BCUT2D eigenvalue weighted by atomic mass is 10.2. The number of anilines is 1. The molecule has 0 saturated carbocycles. The van der Waals surface area contributed by atoms with Gasteiger partial charge in [0.15, 0.2) is 0 Å². The van der Waals surface area contributed by atoms with Crippen LogP contribution in [0.4, 0.5) is 5.82 Å². The molecule has 0 aliphatic heterocycles. The van der Waals surface area contributed by atoms with Crippen molar-refractivity contribution < 1.29 is 9.52 Å². The molecule has 2 heterocycles. The Morgan fingerprint density at radius 2 is 2.28 bits per heavy atom. The van der Waals surface area contributed by atoms with E-state index >= 15 is 0 Å². The van der Waals surface area contributed by atoms with Gasteiger partial charge >= 0.3 is 0 Å². The first-order valence-electron chi connectivity index (χ1n) is 6.11. The predicted molar refractivity (Wildman–Crippen MR) is 70.5 cm³/mol. The number of hydrogen-bond acceptors (Lipinski definition) is 4. The van der Waals surface area contributed by atoms with Crippen LogP contribution in [0.25, 0.3) is 11.3 Å². The highest BCUT2D eigenvalue weighted by molar-refractivity contribution is 5.64. The Hall–Kier alpha value is -1.75. The number of aliphatic hydroxyl groups is 1. The third kappa shape index (κ3) is 2.56. The van der Waals surface area contributed by atoms with Gasteiger partial charge in [0.25, 0.3) is 0 Å². The van der Waals surface area contributed by atoms with Crippen LogP contribution in [0.5, 0.6) is 0 Å². The zero-order valence-corrected chi connectivity index (χ0v) is 11.0. The van der Waals surface area contributed by atoms with Gasteiger partial charge < -0.3 is 14.8 Å². The zero-order chi connectivity index (χ0) is 13.1. The van der Waals surface area contributed by atoms with Gasteiger partial charge in [-0.1, -0.05) is 0 Å². The first kappa shape index (κ1) is 12.7. The molecular formula is C13H19N3O2. The van der Waals surface area contributed by atoms with E-state index in [9.17, 15) is 0 Å². The molecule has 0 aliphatic carbocycles. The number of hydrogen-bond donors (Lipinski definition) is 2. The second kappa shape index (κ2) is 5.27. The minimum absolute atomic E-state index is 0.0677. The van der Waals surface area contributed by atoms with Gasteiger partial charge in [0.05, 0.1) is 25.1 Å². The molecule has 5 heteroatoms. The van der Waals surface area contributed by atoms with Crippen molar-refractivity contribution in [2.75, 3.05) is 11.9 Å². The molecule has 0 aromatic carbocycles. The van der Waals surface area contributed by atoms with E-state index in [0.717, 1.165) is 22.8 Å². The Kier molecular flexibility index (Phi) is 3.72. The molecule has 0 amide bonds. The fourth-order valence-electron chi connectivity index (χ4n) is 1.88. The first-order chi connectivity index (χ1) is 8.61. The molecule has 2 N–H and O–H groups in total. The van der Waals surface area contributed by atoms with Crippen LogP contribution < -0.4 is 5.32 Å². The average molecular weight is 249 g/mol. The fraction of sp³-hybridized carbons (Fsp3) is 0.462. The van der Waals surface area contributed by atoms with Gasteiger partial charge in [-0.2, -0.15) is 5.10 Å². The Morgan fingerprint density at radius 3 is 2.83 bits per heavy atom. The van der Waals surface area contributed by atoms with Crippen molar-refractivity contribution in [3.8, 4) is 11.3 Å². The second-order valence-corrected chi connectivity index (χ2v) is 4.55. The van der Waals surface area contributed by atoms with E-state index < -0.39 is 0 Å². The normalized spacial score (nSPS) is 11.2. The van der Waals surface area contributed by atoms with E-state index in [1.165, 1.54) is 0 Å². The molecule has 2 aromatic heterocycles. The number of aromatic nitrogens is 2. The average Bonchev–Trinajstić information content (AvgIpc) is 2.86. The van der Waals surface area contributed by atoms with Crippen molar-refractivity contribution in [2.45, 2.75) is 33.4 Å². The largest absolute Gasteiger partial charge is 0.469 e. The summed E-state index contributed by atoms with van der Waals surface area (Å²) in [5.41, 5.74) is 1.84. The monoisotopic (exact) mass is 249 g/mol. The van der Waals surface area contributed by atoms with Crippen molar-refractivity contribution in [3.63, 3.8) is 0 Å². The van der Waals surface area contributed by atoms with Crippen LogP contribution in [0.1, 0.15) is 19.6 Å². The van der Waals surface area contributed by atoms with E-state index in [-0.39, 0.29) is 6.61 Å². The van der Waals surface area contributed by atoms with Crippen molar-refractivity contribution >= 4 is 5.82 Å². The number of rotatable bonds is 5. The van der Waals surface area contributed by atoms with Gasteiger partial charge in [-0.3, -0.25) is 0 Å². The summed E-state index contributed by atoms with van der Waals surface area (Å²) in [4.78, 5) is 0. The molecule has 98 valence electrons. The van der Waals surface area contributed by atoms with Crippen molar-refractivity contribution in [2.24, 2.45) is 0 Å². The molecule has 2 rings (SSSR count). The summed E-state index contributed by atoms with van der Waals surface area (Å²) in [6.07, 6.45) is 1.66. The molecule has 18 heavy (non-hydrogen) atoms. The molecule has 0 saturated heterocycles. The number of nitrogens with one attached hydrogen (secondary N) is 1. The maximum atomic E-state index is 9.07. The molecule has 0 unspecified atom stereocenters. The lowest BCUT2D eigenvalue weighted by Gasteiger charge is -2.10. The van der Waals surface area contributed by atoms with E-state index in [1.807, 2.05) is 19.1 Å². The lowest BCUT2D eigenvalue weighted by Crippen LogP contribution is -2.15. The summed E-state index contributed by atoms with van der Waals surface area (Å²) >= 11 is 0. The molecule has 0 atom stereocenters. The quantitative estimate of drug-likeness (QED) is 0.853. The van der Waals surface area contributed by atoms with E-state index in [4.69, 9.17) is 9.52 Å². The summed E-state index contributed by atoms with van der Waals surface area (Å²) in [6.45, 7) is 6.60. The highest BCUT2D eigenvalue weighted by atomic mass is 16.3. The van der Waals surface area contributed by atoms with Gasteiger partial charge in [0, 0.05) is 17.7 Å². The highest BCUT2D eigenvalue weighted by Gasteiger charge is 2.13. The maximum Gasteiger partial charge on any atom is 0.125 e. The van der Waals surface area contributed by atoms with Gasteiger partial charge in [0.2, 0.25) is 0 Å².